The Bertz CT molecular complexity index is 767. The third-order valence-electron chi connectivity index (χ3n) is 9.47. The first kappa shape index (κ1) is 47.3. The molecule has 0 spiro atoms. The van der Waals surface area contributed by atoms with Crippen molar-refractivity contribution in [2.45, 2.75) is 225 Å². The first-order valence-electron chi connectivity index (χ1n) is 21.1. The Morgan fingerprint density at radius 1 is 0.551 bits per heavy atom. The van der Waals surface area contributed by atoms with Crippen molar-refractivity contribution in [3.05, 3.63) is 24.3 Å². The van der Waals surface area contributed by atoms with Gasteiger partial charge in [0.2, 0.25) is 5.91 Å². The van der Waals surface area contributed by atoms with E-state index in [9.17, 15) is 19.8 Å². The lowest BCUT2D eigenvalue weighted by molar-refractivity contribution is -0.143. The molecule has 6 heteroatoms. The fourth-order valence-corrected chi connectivity index (χ4v) is 6.15. The van der Waals surface area contributed by atoms with E-state index in [0.29, 0.717) is 19.4 Å². The van der Waals surface area contributed by atoms with E-state index in [-0.39, 0.29) is 18.5 Å². The zero-order valence-electron chi connectivity index (χ0n) is 32.4. The lowest BCUT2D eigenvalue weighted by Crippen LogP contribution is -2.45. The number of unbranched alkanes of at least 4 members (excludes halogenated alkanes) is 25. The van der Waals surface area contributed by atoms with E-state index in [1.165, 1.54) is 103 Å². The number of nitrogens with one attached hydrogen (secondary N) is 1. The normalized spacial score (nSPS) is 13.0. The van der Waals surface area contributed by atoms with Gasteiger partial charge in [0, 0.05) is 12.8 Å². The maximum absolute atomic E-state index is 12.3. The molecule has 0 saturated carbocycles. The lowest BCUT2D eigenvalue weighted by Gasteiger charge is -2.20. The van der Waals surface area contributed by atoms with Gasteiger partial charge in [-0.25, -0.2) is 0 Å². The van der Waals surface area contributed by atoms with Crippen LogP contribution in [-0.2, 0) is 14.3 Å². The standard InChI is InChI=1S/C43H81NO5/c1-3-5-7-9-11-13-14-17-21-25-29-33-37-43(48)49-38-34-30-26-22-18-15-16-20-24-28-32-36-42(47)44-40(39-45)41(46)35-31-27-23-19-12-10-8-6-4-2/h18,22,31,35,40-41,45-46H,3-17,19-21,23-30,32-34,36-39H2,1-2H3,(H,44,47)/b22-18-,35-31+. The van der Waals surface area contributed by atoms with Gasteiger partial charge in [-0.1, -0.05) is 167 Å². The van der Waals surface area contributed by atoms with Crippen LogP contribution in [0.5, 0.6) is 0 Å². The summed E-state index contributed by atoms with van der Waals surface area (Å²) in [6.45, 7) is 4.77. The Kier molecular flexibility index (Phi) is 37.8. The molecule has 2 atom stereocenters. The largest absolute Gasteiger partial charge is 0.466 e. The van der Waals surface area contributed by atoms with Gasteiger partial charge in [0.05, 0.1) is 25.4 Å². The average molecular weight is 692 g/mol. The van der Waals surface area contributed by atoms with Crippen LogP contribution in [-0.4, -0.2) is 47.4 Å². The highest BCUT2D eigenvalue weighted by Crippen LogP contribution is 2.14. The van der Waals surface area contributed by atoms with Crippen molar-refractivity contribution in [1.82, 2.24) is 5.32 Å². The molecule has 1 amide bonds. The molecular weight excluding hydrogens is 610 g/mol. The number of aliphatic hydroxyl groups is 2. The first-order valence-corrected chi connectivity index (χ1v) is 21.1. The van der Waals surface area contributed by atoms with E-state index >= 15 is 0 Å². The van der Waals surface area contributed by atoms with Crippen LogP contribution in [0.25, 0.3) is 0 Å². The maximum Gasteiger partial charge on any atom is 0.305 e. The number of allylic oxidation sites excluding steroid dienone is 3. The SMILES string of the molecule is CCCCCCCCC/C=C/C(O)C(CO)NC(=O)CCCCCCC/C=C\CCCCOC(=O)CCCCCCCCCCCCCC. The van der Waals surface area contributed by atoms with Crippen LogP contribution in [0, 0.1) is 0 Å². The van der Waals surface area contributed by atoms with Gasteiger partial charge in [-0.2, -0.15) is 0 Å². The molecule has 0 aliphatic rings. The Hall–Kier alpha value is -1.66. The molecule has 0 aromatic carbocycles. The molecule has 0 fully saturated rings. The van der Waals surface area contributed by atoms with E-state index in [2.05, 4.69) is 31.3 Å². The Morgan fingerprint density at radius 2 is 0.959 bits per heavy atom. The Balaban J connectivity index is 3.55. The minimum absolute atomic E-state index is 0.0339. The fraction of sp³-hybridized carbons (Fsp3) is 0.860. The van der Waals surface area contributed by atoms with Crippen molar-refractivity contribution in [1.29, 1.82) is 0 Å². The summed E-state index contributed by atoms with van der Waals surface area (Å²) in [5.41, 5.74) is 0. The van der Waals surface area contributed by atoms with Crippen molar-refractivity contribution >= 4 is 11.9 Å². The summed E-state index contributed by atoms with van der Waals surface area (Å²) in [5, 5.41) is 22.8. The summed E-state index contributed by atoms with van der Waals surface area (Å²) in [7, 11) is 0. The number of hydrogen-bond acceptors (Lipinski definition) is 5. The molecule has 0 bridgehead atoms. The molecule has 0 radical (unpaired) electrons. The number of carbonyl (C=O) groups excluding carboxylic acids is 2. The molecule has 0 rings (SSSR count). The zero-order valence-corrected chi connectivity index (χ0v) is 32.4. The van der Waals surface area contributed by atoms with Crippen LogP contribution in [0.3, 0.4) is 0 Å². The molecule has 0 heterocycles. The first-order chi connectivity index (χ1) is 24.0. The molecular formula is C43H81NO5. The minimum atomic E-state index is -0.858. The van der Waals surface area contributed by atoms with Crippen LogP contribution < -0.4 is 5.32 Å². The monoisotopic (exact) mass is 692 g/mol. The van der Waals surface area contributed by atoms with Crippen molar-refractivity contribution in [3.63, 3.8) is 0 Å². The summed E-state index contributed by atoms with van der Waals surface area (Å²) in [5.74, 6) is -0.135. The Morgan fingerprint density at radius 3 is 1.45 bits per heavy atom. The second kappa shape index (κ2) is 39.1. The van der Waals surface area contributed by atoms with E-state index in [0.717, 1.165) is 83.5 Å². The van der Waals surface area contributed by atoms with E-state index in [4.69, 9.17) is 4.74 Å². The second-order valence-corrected chi connectivity index (χ2v) is 14.3. The van der Waals surface area contributed by atoms with Crippen molar-refractivity contribution < 1.29 is 24.5 Å². The van der Waals surface area contributed by atoms with Crippen molar-refractivity contribution in [2.24, 2.45) is 0 Å². The van der Waals surface area contributed by atoms with E-state index < -0.39 is 12.1 Å². The molecule has 0 saturated heterocycles. The van der Waals surface area contributed by atoms with Crippen LogP contribution >= 0.6 is 0 Å². The maximum atomic E-state index is 12.3. The minimum Gasteiger partial charge on any atom is -0.466 e. The highest BCUT2D eigenvalue weighted by Gasteiger charge is 2.17. The van der Waals surface area contributed by atoms with Gasteiger partial charge in [-0.15, -0.1) is 0 Å². The number of carbonyl (C=O) groups is 2. The van der Waals surface area contributed by atoms with Crippen molar-refractivity contribution in [3.8, 4) is 0 Å². The molecule has 288 valence electrons. The number of hydrogen-bond donors (Lipinski definition) is 3. The lowest BCUT2D eigenvalue weighted by atomic mass is 10.0. The highest BCUT2D eigenvalue weighted by molar-refractivity contribution is 5.76. The predicted molar refractivity (Wildman–Crippen MR) is 209 cm³/mol. The molecule has 0 aromatic heterocycles. The third kappa shape index (κ3) is 36.0. The molecule has 3 N–H and O–H groups in total. The van der Waals surface area contributed by atoms with Crippen LogP contribution in [0.4, 0.5) is 0 Å². The summed E-state index contributed by atoms with van der Waals surface area (Å²) in [6.07, 6.45) is 43.1. The number of ether oxygens (including phenoxy) is 1. The molecule has 2 unspecified atom stereocenters. The van der Waals surface area contributed by atoms with Gasteiger partial charge in [0.25, 0.3) is 0 Å². The molecule has 6 nitrogen and oxygen atoms in total. The van der Waals surface area contributed by atoms with Gasteiger partial charge >= 0.3 is 5.97 Å². The van der Waals surface area contributed by atoms with E-state index in [1.54, 1.807) is 6.08 Å². The molecule has 0 aromatic rings. The quantitative estimate of drug-likeness (QED) is 0.0340. The summed E-state index contributed by atoms with van der Waals surface area (Å²) in [6, 6.07) is -0.645. The number of amides is 1. The van der Waals surface area contributed by atoms with Crippen LogP contribution in [0.15, 0.2) is 24.3 Å². The zero-order chi connectivity index (χ0) is 35.9. The summed E-state index contributed by atoms with van der Waals surface area (Å²) in [4.78, 5) is 24.3. The van der Waals surface area contributed by atoms with Gasteiger partial charge in [-0.05, 0) is 57.8 Å². The predicted octanol–water partition coefficient (Wildman–Crippen LogP) is 11.6. The molecule has 0 aliphatic carbocycles. The Labute approximate surface area is 303 Å². The topological polar surface area (TPSA) is 95.9 Å². The third-order valence-corrected chi connectivity index (χ3v) is 9.47. The fourth-order valence-electron chi connectivity index (χ4n) is 6.15. The van der Waals surface area contributed by atoms with Gasteiger partial charge in [0.15, 0.2) is 0 Å². The highest BCUT2D eigenvalue weighted by atomic mass is 16.5. The van der Waals surface area contributed by atoms with Gasteiger partial charge in [0.1, 0.15) is 0 Å². The molecule has 49 heavy (non-hydrogen) atoms. The van der Waals surface area contributed by atoms with Crippen LogP contribution in [0.2, 0.25) is 0 Å². The van der Waals surface area contributed by atoms with Gasteiger partial charge < -0.3 is 20.3 Å². The second-order valence-electron chi connectivity index (χ2n) is 14.3. The average Bonchev–Trinajstić information content (AvgIpc) is 3.10. The van der Waals surface area contributed by atoms with Gasteiger partial charge in [-0.3, -0.25) is 9.59 Å². The summed E-state index contributed by atoms with van der Waals surface area (Å²) >= 11 is 0. The van der Waals surface area contributed by atoms with Crippen molar-refractivity contribution in [2.75, 3.05) is 13.2 Å². The van der Waals surface area contributed by atoms with Crippen LogP contribution in [0.1, 0.15) is 213 Å². The smallest absolute Gasteiger partial charge is 0.305 e. The number of esters is 1. The summed E-state index contributed by atoms with van der Waals surface area (Å²) < 4.78 is 5.41. The van der Waals surface area contributed by atoms with E-state index in [1.807, 2.05) is 6.08 Å². The number of rotatable bonds is 38. The molecule has 0 aliphatic heterocycles. The number of aliphatic hydroxyl groups excluding tert-OH is 2.